The Kier molecular flexibility index (Phi) is 13.5. The van der Waals surface area contributed by atoms with Gasteiger partial charge in [-0.05, 0) is 18.4 Å². The van der Waals surface area contributed by atoms with E-state index >= 15 is 0 Å². The van der Waals surface area contributed by atoms with Crippen LogP contribution in [0.5, 0.6) is 0 Å². The number of primary amides is 1. The number of guanidine groups is 1. The second-order valence-corrected chi connectivity index (χ2v) is 8.48. The molecule has 0 bridgehead atoms. The first-order valence-corrected chi connectivity index (χ1v) is 12.0. The van der Waals surface area contributed by atoms with Crippen LogP contribution in [0.25, 0.3) is 0 Å². The fourth-order valence-electron chi connectivity index (χ4n) is 3.14. The average molecular weight is 539 g/mol. The van der Waals surface area contributed by atoms with E-state index in [0.29, 0.717) is 0 Å². The number of carbonyl (C=O) groups excluding carboxylic acids is 4. The summed E-state index contributed by atoms with van der Waals surface area (Å²) in [5.74, 6) is -4.75. The first-order valence-electron chi connectivity index (χ1n) is 11.3. The third kappa shape index (κ3) is 12.1. The van der Waals surface area contributed by atoms with Gasteiger partial charge in [-0.25, -0.2) is 4.79 Å². The predicted octanol–water partition coefficient (Wildman–Crippen LogP) is -3.05. The Morgan fingerprint density at radius 2 is 1.46 bits per heavy atom. The summed E-state index contributed by atoms with van der Waals surface area (Å²) in [5, 5.41) is 16.6. The van der Waals surface area contributed by atoms with Crippen LogP contribution in [-0.4, -0.2) is 77.1 Å². The van der Waals surface area contributed by atoms with Gasteiger partial charge in [0.15, 0.2) is 5.96 Å². The van der Waals surface area contributed by atoms with Crippen LogP contribution < -0.4 is 38.9 Å². The molecular weight excluding hydrogens is 504 g/mol. The Bertz CT molecular complexity index is 973. The molecule has 12 N–H and O–H groups in total. The molecule has 0 aromatic heterocycles. The number of thiol groups is 1. The number of hydrogen-bond donors (Lipinski definition) is 9. The molecule has 0 aliphatic carbocycles. The molecule has 4 atom stereocenters. The zero-order chi connectivity index (χ0) is 28.0. The molecule has 37 heavy (non-hydrogen) atoms. The van der Waals surface area contributed by atoms with Crippen LogP contribution >= 0.6 is 12.6 Å². The standard InChI is InChI=1S/C22H34N8O6S/c23-13(11-37)18(32)29-15(9-12-5-2-1-3-6-12)20(34)28-14(7-4-8-27-22(25)26)19(33)30-16(21(35)36)10-17(24)31/h1-3,5-6,13-16,37H,4,7-11,23H2,(H2,24,31)(H,28,34)(H,29,32)(H,30,33)(H,35,36)(H4,25,26,27). The molecule has 1 aromatic rings. The summed E-state index contributed by atoms with van der Waals surface area (Å²) in [6.45, 7) is 0.132. The Balaban J connectivity index is 3.13. The highest BCUT2D eigenvalue weighted by atomic mass is 32.1. The van der Waals surface area contributed by atoms with Crippen LogP contribution in [0.1, 0.15) is 24.8 Å². The number of benzene rings is 1. The summed E-state index contributed by atoms with van der Waals surface area (Å²) in [7, 11) is 0. The van der Waals surface area contributed by atoms with E-state index < -0.39 is 60.2 Å². The highest BCUT2D eigenvalue weighted by molar-refractivity contribution is 7.80. The molecule has 0 saturated carbocycles. The molecule has 0 radical (unpaired) electrons. The topological polar surface area (TPSA) is 258 Å². The number of amides is 4. The van der Waals surface area contributed by atoms with Crippen LogP contribution in [0.4, 0.5) is 0 Å². The van der Waals surface area contributed by atoms with Gasteiger partial charge in [0.1, 0.15) is 18.1 Å². The predicted molar refractivity (Wildman–Crippen MR) is 139 cm³/mol. The first kappa shape index (κ1) is 31.2. The molecule has 15 heteroatoms. The van der Waals surface area contributed by atoms with Gasteiger partial charge in [0.2, 0.25) is 23.6 Å². The smallest absolute Gasteiger partial charge is 0.326 e. The number of aliphatic imine (C=N–C) groups is 1. The lowest BCUT2D eigenvalue weighted by Gasteiger charge is -2.25. The van der Waals surface area contributed by atoms with Crippen LogP contribution in [0, 0.1) is 0 Å². The maximum Gasteiger partial charge on any atom is 0.326 e. The average Bonchev–Trinajstić information content (AvgIpc) is 2.84. The first-order chi connectivity index (χ1) is 17.4. The third-order valence-electron chi connectivity index (χ3n) is 5.05. The van der Waals surface area contributed by atoms with Gasteiger partial charge in [0.25, 0.3) is 0 Å². The van der Waals surface area contributed by atoms with Crippen molar-refractivity contribution in [2.45, 2.75) is 49.9 Å². The Morgan fingerprint density at radius 1 is 0.892 bits per heavy atom. The number of nitrogens with two attached hydrogens (primary N) is 4. The Morgan fingerprint density at radius 3 is 2.00 bits per heavy atom. The van der Waals surface area contributed by atoms with E-state index in [0.717, 1.165) is 5.56 Å². The lowest BCUT2D eigenvalue weighted by molar-refractivity contribution is -0.143. The molecule has 4 amide bonds. The number of carboxylic acids is 1. The zero-order valence-corrected chi connectivity index (χ0v) is 21.0. The summed E-state index contributed by atoms with van der Waals surface area (Å²) in [4.78, 5) is 65.0. The maximum atomic E-state index is 13.2. The molecule has 0 saturated heterocycles. The highest BCUT2D eigenvalue weighted by Gasteiger charge is 2.30. The van der Waals surface area contributed by atoms with E-state index in [1.165, 1.54) is 0 Å². The van der Waals surface area contributed by atoms with Crippen molar-refractivity contribution in [2.75, 3.05) is 12.3 Å². The number of nitrogens with one attached hydrogen (secondary N) is 3. The van der Waals surface area contributed by atoms with Gasteiger partial charge in [0.05, 0.1) is 12.5 Å². The van der Waals surface area contributed by atoms with Gasteiger partial charge in [-0.3, -0.25) is 24.2 Å². The van der Waals surface area contributed by atoms with Crippen molar-refractivity contribution >= 4 is 48.2 Å². The Labute approximate surface area is 219 Å². The monoisotopic (exact) mass is 538 g/mol. The van der Waals surface area contributed by atoms with E-state index in [4.69, 9.17) is 22.9 Å². The molecule has 14 nitrogen and oxygen atoms in total. The fraction of sp³-hybridized carbons (Fsp3) is 0.455. The number of nitrogens with zero attached hydrogens (tertiary/aromatic N) is 1. The van der Waals surface area contributed by atoms with Gasteiger partial charge < -0.3 is 44.0 Å². The second kappa shape index (κ2) is 16.0. The van der Waals surface area contributed by atoms with Gasteiger partial charge >= 0.3 is 5.97 Å². The molecule has 0 aliphatic rings. The van der Waals surface area contributed by atoms with E-state index in [-0.39, 0.29) is 37.5 Å². The molecule has 0 fully saturated rings. The largest absolute Gasteiger partial charge is 0.480 e. The van der Waals surface area contributed by atoms with Crippen LogP contribution in [0.2, 0.25) is 0 Å². The van der Waals surface area contributed by atoms with E-state index in [1.807, 2.05) is 0 Å². The third-order valence-corrected chi connectivity index (χ3v) is 5.44. The minimum Gasteiger partial charge on any atom is -0.480 e. The van der Waals surface area contributed by atoms with Gasteiger partial charge in [-0.2, -0.15) is 12.6 Å². The molecule has 0 heterocycles. The van der Waals surface area contributed by atoms with Crippen molar-refractivity contribution in [3.8, 4) is 0 Å². The van der Waals surface area contributed by atoms with Crippen LogP contribution in [0.3, 0.4) is 0 Å². The van der Waals surface area contributed by atoms with Crippen molar-refractivity contribution in [3.05, 3.63) is 35.9 Å². The highest BCUT2D eigenvalue weighted by Crippen LogP contribution is 2.07. The lowest BCUT2D eigenvalue weighted by Crippen LogP contribution is -2.58. The summed E-state index contributed by atoms with van der Waals surface area (Å²) < 4.78 is 0. The number of hydrogen-bond acceptors (Lipinski definition) is 8. The minimum absolute atomic E-state index is 0.0133. The molecule has 0 spiro atoms. The lowest BCUT2D eigenvalue weighted by atomic mass is 10.0. The molecule has 204 valence electrons. The van der Waals surface area contributed by atoms with Gasteiger partial charge in [-0.15, -0.1) is 0 Å². The normalized spacial score (nSPS) is 13.8. The fourth-order valence-corrected chi connectivity index (χ4v) is 3.30. The van der Waals surface area contributed by atoms with Gasteiger partial charge in [0, 0.05) is 18.7 Å². The van der Waals surface area contributed by atoms with Crippen molar-refractivity contribution in [2.24, 2.45) is 27.9 Å². The molecule has 0 aliphatic heterocycles. The quantitative estimate of drug-likeness (QED) is 0.0447. The van der Waals surface area contributed by atoms with E-state index in [9.17, 15) is 29.1 Å². The molecule has 4 unspecified atom stereocenters. The van der Waals surface area contributed by atoms with Gasteiger partial charge in [-0.1, -0.05) is 30.3 Å². The van der Waals surface area contributed by atoms with Crippen molar-refractivity contribution in [1.29, 1.82) is 0 Å². The number of aliphatic carboxylic acids is 1. The second-order valence-electron chi connectivity index (χ2n) is 8.12. The maximum absolute atomic E-state index is 13.2. The molecule has 1 aromatic carbocycles. The summed E-state index contributed by atoms with van der Waals surface area (Å²) in [6.07, 6.45) is -0.313. The molecule has 1 rings (SSSR count). The summed E-state index contributed by atoms with van der Waals surface area (Å²) >= 11 is 4.00. The molecular formula is C22H34N8O6S. The summed E-state index contributed by atoms with van der Waals surface area (Å²) in [5.41, 5.74) is 22.1. The van der Waals surface area contributed by atoms with E-state index in [1.54, 1.807) is 30.3 Å². The number of carbonyl (C=O) groups is 5. The van der Waals surface area contributed by atoms with E-state index in [2.05, 4.69) is 33.6 Å². The Hall–Kier alpha value is -3.85. The van der Waals surface area contributed by atoms with Crippen molar-refractivity contribution in [3.63, 3.8) is 0 Å². The zero-order valence-electron chi connectivity index (χ0n) is 20.1. The SMILES string of the molecule is NC(=O)CC(NC(=O)C(CCCN=C(N)N)NC(=O)C(Cc1ccccc1)NC(=O)C(N)CS)C(=O)O. The van der Waals surface area contributed by atoms with Crippen molar-refractivity contribution in [1.82, 2.24) is 16.0 Å². The van der Waals surface area contributed by atoms with Crippen LogP contribution in [0.15, 0.2) is 35.3 Å². The van der Waals surface area contributed by atoms with Crippen LogP contribution in [-0.2, 0) is 30.4 Å². The van der Waals surface area contributed by atoms with Crippen molar-refractivity contribution < 1.29 is 29.1 Å². The number of rotatable bonds is 16. The number of carboxylic acid groups (broad SMARTS) is 1. The summed E-state index contributed by atoms with van der Waals surface area (Å²) in [6, 6.07) is 3.88. The minimum atomic E-state index is -1.60.